The van der Waals surface area contributed by atoms with Gasteiger partial charge in [-0.1, -0.05) is 0 Å². The molecular formula is C12H18N2O. The van der Waals surface area contributed by atoms with Crippen molar-refractivity contribution in [1.29, 1.82) is 0 Å². The molecule has 0 N–H and O–H groups in total. The van der Waals surface area contributed by atoms with Crippen molar-refractivity contribution in [2.45, 2.75) is 25.8 Å². The van der Waals surface area contributed by atoms with Crippen LogP contribution < -0.4 is 0 Å². The van der Waals surface area contributed by atoms with Crippen molar-refractivity contribution < 1.29 is 4.74 Å². The van der Waals surface area contributed by atoms with Crippen molar-refractivity contribution in [3.63, 3.8) is 0 Å². The van der Waals surface area contributed by atoms with E-state index in [-0.39, 0.29) is 0 Å². The summed E-state index contributed by atoms with van der Waals surface area (Å²) in [5.74, 6) is 0. The third-order valence-corrected chi connectivity index (χ3v) is 2.75. The van der Waals surface area contributed by atoms with Crippen molar-refractivity contribution in [1.82, 2.24) is 4.57 Å². The highest BCUT2D eigenvalue weighted by atomic mass is 16.5. The van der Waals surface area contributed by atoms with E-state index in [1.807, 2.05) is 0 Å². The van der Waals surface area contributed by atoms with Crippen LogP contribution in [-0.2, 0) is 11.3 Å². The van der Waals surface area contributed by atoms with E-state index >= 15 is 0 Å². The summed E-state index contributed by atoms with van der Waals surface area (Å²) in [6.07, 6.45) is 5.53. The first-order valence-electron chi connectivity index (χ1n) is 5.59. The van der Waals surface area contributed by atoms with Crippen LogP contribution in [0.15, 0.2) is 23.3 Å². The van der Waals surface area contributed by atoms with E-state index in [2.05, 4.69) is 27.9 Å². The molecule has 3 nitrogen and oxygen atoms in total. The molecule has 0 amide bonds. The third-order valence-electron chi connectivity index (χ3n) is 2.75. The molecule has 0 bridgehead atoms. The summed E-state index contributed by atoms with van der Waals surface area (Å²) in [7, 11) is 1.75. The Bertz CT molecular complexity index is 341. The van der Waals surface area contributed by atoms with Crippen LogP contribution in [0.4, 0.5) is 0 Å². The molecule has 1 aliphatic rings. The van der Waals surface area contributed by atoms with E-state index in [4.69, 9.17) is 4.74 Å². The molecule has 0 atom stereocenters. The number of methoxy groups -OCH3 is 1. The van der Waals surface area contributed by atoms with Gasteiger partial charge in [-0.15, -0.1) is 0 Å². The van der Waals surface area contributed by atoms with Crippen LogP contribution in [0.3, 0.4) is 0 Å². The number of aryl methyl sites for hydroxylation is 1. The summed E-state index contributed by atoms with van der Waals surface area (Å²) in [5.41, 5.74) is 2.57. The molecule has 0 aromatic carbocycles. The lowest BCUT2D eigenvalue weighted by Crippen LogP contribution is -2.08. The Morgan fingerprint density at radius 1 is 1.53 bits per heavy atom. The Balaban J connectivity index is 2.01. The van der Waals surface area contributed by atoms with Gasteiger partial charge in [0.15, 0.2) is 0 Å². The number of aliphatic imine (C=N–C) groups is 1. The fourth-order valence-corrected chi connectivity index (χ4v) is 2.00. The minimum absolute atomic E-state index is 0.824. The normalized spacial score (nSPS) is 15.7. The first kappa shape index (κ1) is 10.4. The molecule has 0 saturated heterocycles. The largest absolute Gasteiger partial charge is 0.385 e. The Hall–Kier alpha value is -1.09. The lowest BCUT2D eigenvalue weighted by atomic mass is 10.2. The van der Waals surface area contributed by atoms with Gasteiger partial charge < -0.3 is 9.30 Å². The van der Waals surface area contributed by atoms with Crippen molar-refractivity contribution in [2.24, 2.45) is 4.99 Å². The molecule has 0 spiro atoms. The van der Waals surface area contributed by atoms with E-state index in [1.165, 1.54) is 17.8 Å². The lowest BCUT2D eigenvalue weighted by Gasteiger charge is -2.08. The Labute approximate surface area is 90.8 Å². The predicted molar refractivity (Wildman–Crippen MR) is 61.6 cm³/mol. The summed E-state index contributed by atoms with van der Waals surface area (Å²) in [6, 6.07) is 4.26. The van der Waals surface area contributed by atoms with Crippen LogP contribution in [0.25, 0.3) is 0 Å². The fraction of sp³-hybridized carbons (Fsp3) is 0.583. The maximum absolute atomic E-state index is 5.06. The Morgan fingerprint density at radius 3 is 3.20 bits per heavy atom. The molecule has 1 aromatic heterocycles. The lowest BCUT2D eigenvalue weighted by molar-refractivity contribution is 0.190. The Morgan fingerprint density at radius 2 is 2.47 bits per heavy atom. The van der Waals surface area contributed by atoms with Crippen molar-refractivity contribution in [3.8, 4) is 0 Å². The smallest absolute Gasteiger partial charge is 0.0620 e. The summed E-state index contributed by atoms with van der Waals surface area (Å²) >= 11 is 0. The first-order chi connectivity index (χ1) is 7.42. The number of ether oxygens (including phenoxy) is 1. The van der Waals surface area contributed by atoms with E-state index in [0.29, 0.717) is 0 Å². The summed E-state index contributed by atoms with van der Waals surface area (Å²) in [4.78, 5) is 4.53. The Kier molecular flexibility index (Phi) is 3.56. The zero-order valence-corrected chi connectivity index (χ0v) is 9.28. The summed E-state index contributed by atoms with van der Waals surface area (Å²) in [6.45, 7) is 2.85. The summed E-state index contributed by atoms with van der Waals surface area (Å²) in [5, 5.41) is 0. The van der Waals surface area contributed by atoms with Crippen LogP contribution in [0.5, 0.6) is 0 Å². The molecule has 0 radical (unpaired) electrons. The molecule has 3 heteroatoms. The number of rotatable bonds is 5. The zero-order chi connectivity index (χ0) is 10.5. The standard InChI is InChI=1S/C12H18N2O/c1-15-10-4-9-14-8-3-6-12(14)11-5-2-7-13-11/h3,6,8H,2,4-5,7,9-10H2,1H3. The van der Waals surface area contributed by atoms with Crippen molar-refractivity contribution in [3.05, 3.63) is 24.0 Å². The molecule has 0 aliphatic carbocycles. The van der Waals surface area contributed by atoms with Gasteiger partial charge in [0.05, 0.1) is 11.4 Å². The van der Waals surface area contributed by atoms with Gasteiger partial charge in [-0.25, -0.2) is 0 Å². The average Bonchev–Trinajstić information content (AvgIpc) is 2.87. The number of hydrogen-bond donors (Lipinski definition) is 0. The molecule has 82 valence electrons. The minimum atomic E-state index is 0.824. The number of aromatic nitrogens is 1. The maximum atomic E-state index is 5.06. The van der Waals surface area contributed by atoms with Gasteiger partial charge in [-0.05, 0) is 31.4 Å². The number of nitrogens with zero attached hydrogens (tertiary/aromatic N) is 2. The van der Waals surface area contributed by atoms with Crippen LogP contribution in [0.1, 0.15) is 25.0 Å². The maximum Gasteiger partial charge on any atom is 0.0620 e. The van der Waals surface area contributed by atoms with Gasteiger partial charge in [0, 0.05) is 33.0 Å². The molecule has 1 aromatic rings. The molecule has 1 aliphatic heterocycles. The predicted octanol–water partition coefficient (Wildman–Crippen LogP) is 2.11. The first-order valence-corrected chi connectivity index (χ1v) is 5.59. The van der Waals surface area contributed by atoms with E-state index in [1.54, 1.807) is 7.11 Å². The second kappa shape index (κ2) is 5.12. The quantitative estimate of drug-likeness (QED) is 0.678. The van der Waals surface area contributed by atoms with Crippen LogP contribution in [0.2, 0.25) is 0 Å². The highest BCUT2D eigenvalue weighted by Crippen LogP contribution is 2.14. The van der Waals surface area contributed by atoms with E-state index in [9.17, 15) is 0 Å². The number of hydrogen-bond acceptors (Lipinski definition) is 2. The van der Waals surface area contributed by atoms with Crippen LogP contribution in [-0.4, -0.2) is 30.5 Å². The van der Waals surface area contributed by atoms with Gasteiger partial charge in [-0.2, -0.15) is 0 Å². The van der Waals surface area contributed by atoms with Crippen LogP contribution >= 0.6 is 0 Å². The molecule has 2 heterocycles. The highest BCUT2D eigenvalue weighted by molar-refractivity contribution is 6.00. The van der Waals surface area contributed by atoms with Gasteiger partial charge in [0.1, 0.15) is 0 Å². The van der Waals surface area contributed by atoms with Crippen LogP contribution in [0, 0.1) is 0 Å². The van der Waals surface area contributed by atoms with Gasteiger partial charge in [0.2, 0.25) is 0 Å². The topological polar surface area (TPSA) is 26.5 Å². The van der Waals surface area contributed by atoms with Gasteiger partial charge in [-0.3, -0.25) is 4.99 Å². The fourth-order valence-electron chi connectivity index (χ4n) is 2.00. The van der Waals surface area contributed by atoms with Gasteiger partial charge >= 0.3 is 0 Å². The second-order valence-electron chi connectivity index (χ2n) is 3.87. The van der Waals surface area contributed by atoms with E-state index in [0.717, 1.165) is 32.5 Å². The zero-order valence-electron chi connectivity index (χ0n) is 9.28. The molecule has 0 unspecified atom stereocenters. The van der Waals surface area contributed by atoms with Crippen molar-refractivity contribution >= 4 is 5.71 Å². The second-order valence-corrected chi connectivity index (χ2v) is 3.87. The molecule has 0 saturated carbocycles. The average molecular weight is 206 g/mol. The van der Waals surface area contributed by atoms with E-state index < -0.39 is 0 Å². The molecular weight excluding hydrogens is 188 g/mol. The molecule has 15 heavy (non-hydrogen) atoms. The minimum Gasteiger partial charge on any atom is -0.385 e. The third kappa shape index (κ3) is 2.48. The van der Waals surface area contributed by atoms with Gasteiger partial charge in [0.25, 0.3) is 0 Å². The van der Waals surface area contributed by atoms with Crippen molar-refractivity contribution in [2.75, 3.05) is 20.3 Å². The highest BCUT2D eigenvalue weighted by Gasteiger charge is 2.11. The molecule has 2 rings (SSSR count). The SMILES string of the molecule is COCCCn1cccc1C1=NCCC1. The molecule has 0 fully saturated rings. The summed E-state index contributed by atoms with van der Waals surface area (Å²) < 4.78 is 7.34. The monoisotopic (exact) mass is 206 g/mol.